The second kappa shape index (κ2) is 9.78. The van der Waals surface area contributed by atoms with E-state index < -0.39 is 17.3 Å². The molecule has 0 aliphatic carbocycles. The molecule has 0 aromatic heterocycles. The number of likely N-dealkylation sites (N-methyl/N-ethyl adjacent to an activating group) is 1. The molecule has 16 heavy (non-hydrogen) atoms. The van der Waals surface area contributed by atoms with Crippen molar-refractivity contribution in [3.8, 4) is 0 Å². The van der Waals surface area contributed by atoms with E-state index in [0.29, 0.717) is 0 Å². The van der Waals surface area contributed by atoms with Gasteiger partial charge in [-0.1, -0.05) is 0 Å². The zero-order valence-electron chi connectivity index (χ0n) is 11.4. The van der Waals surface area contributed by atoms with Gasteiger partial charge >= 0.3 is 110 Å². The average Bonchev–Trinajstić information content (AvgIpc) is 2.23. The van der Waals surface area contributed by atoms with Crippen LogP contribution < -0.4 is 0 Å². The fourth-order valence-corrected chi connectivity index (χ4v) is 12.6. The van der Waals surface area contributed by atoms with Gasteiger partial charge in [0, 0.05) is 0 Å². The van der Waals surface area contributed by atoms with Crippen LogP contribution in [0.4, 0.5) is 0 Å². The Bertz CT molecular complexity index is 184. The van der Waals surface area contributed by atoms with Gasteiger partial charge in [-0.05, 0) is 0 Å². The normalized spacial score (nSPS) is 12.9. The summed E-state index contributed by atoms with van der Waals surface area (Å²) < 4.78 is 5.06. The van der Waals surface area contributed by atoms with Crippen LogP contribution in [0.3, 0.4) is 0 Å². The van der Waals surface area contributed by atoms with E-state index in [2.05, 4.69) is 43.0 Å². The van der Waals surface area contributed by atoms with Crippen LogP contribution in [0.1, 0.15) is 39.5 Å². The number of hydrogen-bond acceptors (Lipinski definition) is 1. The molecule has 0 aromatic carbocycles. The first kappa shape index (κ1) is 16.8. The topological polar surface area (TPSA) is 3.24 Å². The summed E-state index contributed by atoms with van der Waals surface area (Å²) in [5.41, 5.74) is 0. The average molecular weight is 353 g/mol. The molecule has 0 aromatic rings. The summed E-state index contributed by atoms with van der Waals surface area (Å²) in [5, 5.41) is 0. The molecule has 0 unspecified atom stereocenters. The van der Waals surface area contributed by atoms with Crippen molar-refractivity contribution in [1.82, 2.24) is 4.90 Å². The molecule has 0 heterocycles. The van der Waals surface area contributed by atoms with Crippen molar-refractivity contribution in [2.24, 2.45) is 0 Å². The van der Waals surface area contributed by atoms with Gasteiger partial charge in [-0.15, -0.1) is 0 Å². The molecule has 0 atom stereocenters. The molecular formula is C13H28ClNSn. The van der Waals surface area contributed by atoms with Crippen LogP contribution in [-0.2, 0) is 0 Å². The van der Waals surface area contributed by atoms with Crippen LogP contribution in [0, 0.1) is 0 Å². The van der Waals surface area contributed by atoms with E-state index in [1.807, 2.05) is 0 Å². The van der Waals surface area contributed by atoms with E-state index in [1.54, 1.807) is 0 Å². The minimum absolute atomic E-state index is 1.03. The quantitative estimate of drug-likeness (QED) is 0.555. The van der Waals surface area contributed by atoms with Gasteiger partial charge in [-0.3, -0.25) is 0 Å². The van der Waals surface area contributed by atoms with Crippen molar-refractivity contribution in [3.05, 3.63) is 10.2 Å². The molecule has 0 N–H and O–H groups in total. The van der Waals surface area contributed by atoms with Crippen molar-refractivity contribution in [3.63, 3.8) is 0 Å². The van der Waals surface area contributed by atoms with Crippen LogP contribution >= 0.6 is 8.92 Å². The molecule has 1 nitrogen and oxygen atoms in total. The van der Waals surface area contributed by atoms with Crippen molar-refractivity contribution < 1.29 is 0 Å². The molecule has 0 aliphatic heterocycles. The Morgan fingerprint density at radius 2 is 1.56 bits per heavy atom. The molecule has 0 rings (SSSR count). The third-order valence-electron chi connectivity index (χ3n) is 2.78. The molecule has 0 saturated carbocycles. The van der Waals surface area contributed by atoms with Crippen molar-refractivity contribution in [2.75, 3.05) is 20.6 Å². The third-order valence-corrected chi connectivity index (χ3v) is 15.3. The Hall–Kier alpha value is 0.789. The first-order valence-electron chi connectivity index (χ1n) is 6.55. The summed E-state index contributed by atoms with van der Waals surface area (Å²) >= 11 is -2.36. The summed E-state index contributed by atoms with van der Waals surface area (Å²) in [6.07, 6.45) is 7.48. The fourth-order valence-electron chi connectivity index (χ4n) is 1.71. The van der Waals surface area contributed by atoms with E-state index in [1.165, 1.54) is 34.6 Å². The van der Waals surface area contributed by atoms with E-state index in [-0.39, 0.29) is 0 Å². The maximum atomic E-state index is 6.88. The molecule has 0 saturated heterocycles. The molecule has 3 heteroatoms. The van der Waals surface area contributed by atoms with Crippen LogP contribution in [0.15, 0.2) is 10.2 Å². The molecule has 0 aliphatic rings. The van der Waals surface area contributed by atoms with Gasteiger partial charge in [0.15, 0.2) is 0 Å². The number of unbranched alkanes of at least 4 members (excludes halogenated alkanes) is 2. The van der Waals surface area contributed by atoms with Crippen LogP contribution in [0.5, 0.6) is 0 Å². The summed E-state index contributed by atoms with van der Waals surface area (Å²) in [5.74, 6) is 0. The van der Waals surface area contributed by atoms with Crippen LogP contribution in [0.25, 0.3) is 0 Å². The second-order valence-electron chi connectivity index (χ2n) is 4.91. The molecule has 0 fully saturated rings. The Balaban J connectivity index is 4.21. The summed E-state index contributed by atoms with van der Waals surface area (Å²) in [4.78, 5) is 2.19. The van der Waals surface area contributed by atoms with Gasteiger partial charge in [0.05, 0.1) is 0 Å². The maximum absolute atomic E-state index is 6.88. The van der Waals surface area contributed by atoms with E-state index in [0.717, 1.165) is 6.54 Å². The Labute approximate surface area is 110 Å². The number of halogens is 1. The Kier molecular flexibility index (Phi) is 10.3. The Morgan fingerprint density at radius 3 is 1.94 bits per heavy atom. The van der Waals surface area contributed by atoms with Gasteiger partial charge < -0.3 is 0 Å². The zero-order chi connectivity index (χ0) is 12.4. The number of nitrogens with zero attached hydrogens (tertiary/aromatic N) is 1. The molecule has 96 valence electrons. The van der Waals surface area contributed by atoms with Gasteiger partial charge in [0.2, 0.25) is 0 Å². The zero-order valence-corrected chi connectivity index (χ0v) is 15.0. The van der Waals surface area contributed by atoms with Crippen molar-refractivity contribution in [1.29, 1.82) is 0 Å². The van der Waals surface area contributed by atoms with E-state index in [9.17, 15) is 0 Å². The number of hydrogen-bond donors (Lipinski definition) is 0. The molecule has 0 bridgehead atoms. The predicted molar refractivity (Wildman–Crippen MR) is 78.7 cm³/mol. The van der Waals surface area contributed by atoms with E-state index in [4.69, 9.17) is 8.92 Å². The van der Waals surface area contributed by atoms with E-state index >= 15 is 0 Å². The van der Waals surface area contributed by atoms with Gasteiger partial charge in [0.25, 0.3) is 0 Å². The molecule has 0 spiro atoms. The first-order valence-corrected chi connectivity index (χ1v) is 15.8. The fraction of sp³-hybridized carbons (Fsp3) is 0.846. The van der Waals surface area contributed by atoms with Crippen LogP contribution in [-0.4, -0.2) is 42.8 Å². The van der Waals surface area contributed by atoms with Crippen LogP contribution in [0.2, 0.25) is 8.87 Å². The SMILES string of the molecule is CCC[CH2][Sn]([Cl])(/[CH]=C\CN(C)C)[CH2]CCC. The Morgan fingerprint density at radius 1 is 1.06 bits per heavy atom. The monoisotopic (exact) mass is 353 g/mol. The first-order chi connectivity index (χ1) is 7.54. The van der Waals surface area contributed by atoms with Crippen molar-refractivity contribution in [2.45, 2.75) is 48.4 Å². The number of rotatable bonds is 9. The molecule has 0 amide bonds. The molecule has 0 radical (unpaired) electrons. The third kappa shape index (κ3) is 8.89. The van der Waals surface area contributed by atoms with Gasteiger partial charge in [-0.25, -0.2) is 0 Å². The summed E-state index contributed by atoms with van der Waals surface area (Å²) in [7, 11) is 11.1. The van der Waals surface area contributed by atoms with Crippen molar-refractivity contribution >= 4 is 26.2 Å². The molecular weight excluding hydrogens is 324 g/mol. The summed E-state index contributed by atoms with van der Waals surface area (Å²) in [6.45, 7) is 5.54. The second-order valence-corrected chi connectivity index (χ2v) is 19.7. The standard InChI is InChI=1S/C5H10N.2C4H9.ClH.Sn/c1-4-5-6(2)3;2*1-3-4-2;;/h1,4H,5H2,2-3H3;2*1,3-4H2,2H3;1H;/q;;;;+1/p-1. The summed E-state index contributed by atoms with van der Waals surface area (Å²) in [6, 6.07) is 0. The minimum atomic E-state index is -2.36. The predicted octanol–water partition coefficient (Wildman–Crippen LogP) is 4.43. The van der Waals surface area contributed by atoms with Gasteiger partial charge in [-0.2, -0.15) is 0 Å². The van der Waals surface area contributed by atoms with Gasteiger partial charge in [0.1, 0.15) is 0 Å².